The molecule has 6 nitrogen and oxygen atoms in total. The number of nitrogens with zero attached hydrogens (tertiary/aromatic N) is 1. The van der Waals surface area contributed by atoms with E-state index in [1.807, 2.05) is 0 Å². The first kappa shape index (κ1) is 15.1. The zero-order valence-electron chi connectivity index (χ0n) is 12.0. The highest BCUT2D eigenvalue weighted by Crippen LogP contribution is 2.32. The van der Waals surface area contributed by atoms with Crippen LogP contribution >= 0.6 is 0 Å². The number of urea groups is 1. The number of amides is 2. The van der Waals surface area contributed by atoms with E-state index in [0.29, 0.717) is 25.3 Å². The number of carbonyl (C=O) groups is 2. The van der Waals surface area contributed by atoms with E-state index in [1.54, 1.807) is 4.90 Å². The highest BCUT2D eigenvalue weighted by atomic mass is 16.4. The fraction of sp³-hybridized carbons (Fsp3) is 0.857. The lowest BCUT2D eigenvalue weighted by molar-refractivity contribution is -0.146. The van der Waals surface area contributed by atoms with Crippen LogP contribution in [-0.4, -0.2) is 51.8 Å². The van der Waals surface area contributed by atoms with E-state index in [9.17, 15) is 19.8 Å². The Bertz CT molecular complexity index is 377. The maximum atomic E-state index is 12.3. The standard InChI is InChI=1S/C14H24N2O4/c1-10-4-6-14(7-5-10,12(18)19)15-13(20)16-8-2-3-11(16)9-17/h10-11,17H,2-9H2,1H3,(H,15,20)(H,18,19). The molecule has 20 heavy (non-hydrogen) atoms. The molecule has 2 rings (SSSR count). The molecule has 2 aliphatic rings. The van der Waals surface area contributed by atoms with Gasteiger partial charge >= 0.3 is 12.0 Å². The highest BCUT2D eigenvalue weighted by Gasteiger charge is 2.44. The quantitative estimate of drug-likeness (QED) is 0.726. The Morgan fingerprint density at radius 1 is 1.30 bits per heavy atom. The lowest BCUT2D eigenvalue weighted by Crippen LogP contribution is -2.60. The van der Waals surface area contributed by atoms with Crippen LogP contribution in [0.2, 0.25) is 0 Å². The molecule has 1 saturated carbocycles. The molecule has 1 aliphatic carbocycles. The third-order valence-corrected chi connectivity index (χ3v) is 4.73. The van der Waals surface area contributed by atoms with E-state index in [1.165, 1.54) is 0 Å². The van der Waals surface area contributed by atoms with Crippen molar-refractivity contribution >= 4 is 12.0 Å². The molecule has 2 fully saturated rings. The molecule has 0 spiro atoms. The van der Waals surface area contributed by atoms with Crippen LogP contribution in [0.3, 0.4) is 0 Å². The van der Waals surface area contributed by atoms with Gasteiger partial charge in [0, 0.05) is 6.54 Å². The summed E-state index contributed by atoms with van der Waals surface area (Å²) in [5, 5.41) is 21.5. The molecule has 0 aromatic rings. The third-order valence-electron chi connectivity index (χ3n) is 4.73. The predicted molar refractivity (Wildman–Crippen MR) is 73.3 cm³/mol. The predicted octanol–water partition coefficient (Wildman–Crippen LogP) is 1.19. The first-order valence-corrected chi connectivity index (χ1v) is 7.41. The number of hydrogen-bond acceptors (Lipinski definition) is 3. The fourth-order valence-corrected chi connectivity index (χ4v) is 3.22. The zero-order valence-corrected chi connectivity index (χ0v) is 12.0. The van der Waals surface area contributed by atoms with Gasteiger partial charge in [-0.05, 0) is 44.4 Å². The highest BCUT2D eigenvalue weighted by molar-refractivity contribution is 5.86. The Kier molecular flexibility index (Phi) is 4.52. The van der Waals surface area contributed by atoms with E-state index in [-0.39, 0.29) is 18.7 Å². The van der Waals surface area contributed by atoms with Gasteiger partial charge in [-0.3, -0.25) is 0 Å². The van der Waals surface area contributed by atoms with Gasteiger partial charge in [-0.15, -0.1) is 0 Å². The smallest absolute Gasteiger partial charge is 0.329 e. The van der Waals surface area contributed by atoms with E-state index in [4.69, 9.17) is 0 Å². The molecule has 2 amide bonds. The van der Waals surface area contributed by atoms with E-state index in [2.05, 4.69) is 12.2 Å². The third kappa shape index (κ3) is 2.90. The molecule has 1 atom stereocenters. The molecule has 1 heterocycles. The van der Waals surface area contributed by atoms with Gasteiger partial charge in [0.25, 0.3) is 0 Å². The summed E-state index contributed by atoms with van der Waals surface area (Å²) in [4.78, 5) is 25.5. The number of likely N-dealkylation sites (tertiary alicyclic amines) is 1. The Balaban J connectivity index is 2.05. The zero-order chi connectivity index (χ0) is 14.8. The van der Waals surface area contributed by atoms with Gasteiger partial charge in [0.05, 0.1) is 12.6 Å². The number of aliphatic carboxylic acids is 1. The second-order valence-electron chi connectivity index (χ2n) is 6.17. The van der Waals surface area contributed by atoms with Gasteiger partial charge in [-0.25, -0.2) is 9.59 Å². The Hall–Kier alpha value is -1.30. The van der Waals surface area contributed by atoms with Gasteiger partial charge < -0.3 is 20.4 Å². The van der Waals surface area contributed by atoms with E-state index >= 15 is 0 Å². The van der Waals surface area contributed by atoms with E-state index in [0.717, 1.165) is 25.7 Å². The summed E-state index contributed by atoms with van der Waals surface area (Å²) in [5.41, 5.74) is -1.13. The second-order valence-corrected chi connectivity index (χ2v) is 6.17. The average Bonchev–Trinajstić information content (AvgIpc) is 2.89. The van der Waals surface area contributed by atoms with Gasteiger partial charge in [0.15, 0.2) is 0 Å². The first-order chi connectivity index (χ1) is 9.48. The summed E-state index contributed by atoms with van der Waals surface area (Å²) in [6.07, 6.45) is 4.22. The van der Waals surface area contributed by atoms with Crippen LogP contribution in [-0.2, 0) is 4.79 Å². The molecule has 0 bridgehead atoms. The maximum absolute atomic E-state index is 12.3. The summed E-state index contributed by atoms with van der Waals surface area (Å²) in [7, 11) is 0. The van der Waals surface area contributed by atoms with Crippen molar-refractivity contribution in [2.75, 3.05) is 13.2 Å². The largest absolute Gasteiger partial charge is 0.480 e. The minimum Gasteiger partial charge on any atom is -0.480 e. The van der Waals surface area contributed by atoms with Crippen molar-refractivity contribution in [3.05, 3.63) is 0 Å². The van der Waals surface area contributed by atoms with Gasteiger partial charge in [0.1, 0.15) is 5.54 Å². The fourth-order valence-electron chi connectivity index (χ4n) is 3.22. The summed E-state index contributed by atoms with van der Waals surface area (Å²) in [5.74, 6) is -0.436. The number of nitrogens with one attached hydrogen (secondary N) is 1. The van der Waals surface area contributed by atoms with Crippen molar-refractivity contribution in [3.63, 3.8) is 0 Å². The Morgan fingerprint density at radius 3 is 2.50 bits per heavy atom. The molecule has 1 unspecified atom stereocenters. The van der Waals surface area contributed by atoms with Gasteiger partial charge in [-0.1, -0.05) is 6.92 Å². The number of aliphatic hydroxyl groups is 1. The molecule has 0 aromatic heterocycles. The van der Waals surface area contributed by atoms with Crippen LogP contribution in [0.5, 0.6) is 0 Å². The molecule has 1 saturated heterocycles. The molecular weight excluding hydrogens is 260 g/mol. The van der Waals surface area contributed by atoms with Crippen LogP contribution < -0.4 is 5.32 Å². The number of hydrogen-bond donors (Lipinski definition) is 3. The van der Waals surface area contributed by atoms with Crippen LogP contribution in [0.25, 0.3) is 0 Å². The summed E-state index contributed by atoms with van der Waals surface area (Å²) < 4.78 is 0. The lowest BCUT2D eigenvalue weighted by atomic mass is 9.77. The normalized spacial score (nSPS) is 34.0. The van der Waals surface area contributed by atoms with E-state index < -0.39 is 11.5 Å². The van der Waals surface area contributed by atoms with Crippen LogP contribution in [0.15, 0.2) is 0 Å². The Morgan fingerprint density at radius 2 is 1.95 bits per heavy atom. The van der Waals surface area contributed by atoms with Crippen LogP contribution in [0.1, 0.15) is 45.4 Å². The minimum absolute atomic E-state index is 0.0650. The summed E-state index contributed by atoms with van der Waals surface area (Å²) in [6, 6.07) is -0.526. The molecule has 0 aromatic carbocycles. The molecule has 3 N–H and O–H groups in total. The average molecular weight is 284 g/mol. The lowest BCUT2D eigenvalue weighted by Gasteiger charge is -2.38. The second kappa shape index (κ2) is 5.99. The molecule has 6 heteroatoms. The van der Waals surface area contributed by atoms with Gasteiger partial charge in [0.2, 0.25) is 0 Å². The number of carbonyl (C=O) groups excluding carboxylic acids is 1. The Labute approximate surface area is 119 Å². The van der Waals surface area contributed by atoms with Crippen molar-refractivity contribution in [1.82, 2.24) is 10.2 Å². The van der Waals surface area contributed by atoms with Crippen molar-refractivity contribution in [2.45, 2.75) is 57.0 Å². The van der Waals surface area contributed by atoms with Crippen molar-refractivity contribution in [1.29, 1.82) is 0 Å². The number of carboxylic acid groups (broad SMARTS) is 1. The van der Waals surface area contributed by atoms with Crippen molar-refractivity contribution in [2.24, 2.45) is 5.92 Å². The number of rotatable bonds is 3. The summed E-state index contributed by atoms with van der Waals surface area (Å²) in [6.45, 7) is 2.63. The monoisotopic (exact) mass is 284 g/mol. The van der Waals surface area contributed by atoms with Crippen molar-refractivity contribution < 1.29 is 19.8 Å². The topological polar surface area (TPSA) is 89.9 Å². The molecule has 1 aliphatic heterocycles. The minimum atomic E-state index is -1.13. The number of aliphatic hydroxyl groups excluding tert-OH is 1. The molecule has 114 valence electrons. The summed E-state index contributed by atoms with van der Waals surface area (Å²) >= 11 is 0. The van der Waals surface area contributed by atoms with Gasteiger partial charge in [-0.2, -0.15) is 0 Å². The maximum Gasteiger partial charge on any atom is 0.329 e. The molecular formula is C14H24N2O4. The number of carboxylic acids is 1. The van der Waals surface area contributed by atoms with Crippen LogP contribution in [0.4, 0.5) is 4.79 Å². The van der Waals surface area contributed by atoms with Crippen molar-refractivity contribution in [3.8, 4) is 0 Å². The molecule has 0 radical (unpaired) electrons. The SMILES string of the molecule is CC1CCC(NC(=O)N2CCCC2CO)(C(=O)O)CC1. The first-order valence-electron chi connectivity index (χ1n) is 7.41. The van der Waals surface area contributed by atoms with Crippen LogP contribution in [0, 0.1) is 5.92 Å².